The Morgan fingerprint density at radius 2 is 0.533 bits per heavy atom. The van der Waals surface area contributed by atoms with Gasteiger partial charge < -0.3 is 10.2 Å². The van der Waals surface area contributed by atoms with Crippen LogP contribution in [0.1, 0.15) is 219 Å². The topological polar surface area (TPSA) is 74.6 Å². The maximum absolute atomic E-state index is 10.3. The molecule has 0 aliphatic heterocycles. The van der Waals surface area contributed by atoms with Gasteiger partial charge >= 0.3 is 11.9 Å². The standard InChI is InChI=1S/2C20H38O2.Ni/c2*1-2-3-4-5-6-7-8-9-10-11-12-13-14-15-16-17-18-19-20(21)22;/h2*18-19H,2-17H2,1H3,(H,21,22);. The van der Waals surface area contributed by atoms with Crippen LogP contribution in [0.4, 0.5) is 0 Å². The fraction of sp³-hybridized carbons (Fsp3) is 0.850. The van der Waals surface area contributed by atoms with E-state index in [9.17, 15) is 9.59 Å². The van der Waals surface area contributed by atoms with Crippen molar-refractivity contribution in [3.05, 3.63) is 24.3 Å². The minimum absolute atomic E-state index is 0. The van der Waals surface area contributed by atoms with Gasteiger partial charge in [-0.15, -0.1) is 0 Å². The average Bonchev–Trinajstić information content (AvgIpc) is 3.00. The van der Waals surface area contributed by atoms with Gasteiger partial charge in [0, 0.05) is 28.6 Å². The molecular weight excluding hydrogens is 603 g/mol. The molecule has 0 amide bonds. The largest absolute Gasteiger partial charge is 0.478 e. The fourth-order valence-corrected chi connectivity index (χ4v) is 5.64. The molecule has 0 aliphatic rings. The van der Waals surface area contributed by atoms with Crippen molar-refractivity contribution in [2.75, 3.05) is 0 Å². The smallest absolute Gasteiger partial charge is 0.327 e. The van der Waals surface area contributed by atoms with E-state index in [1.807, 2.05) is 0 Å². The van der Waals surface area contributed by atoms with Gasteiger partial charge in [-0.1, -0.05) is 206 Å². The molecule has 0 aliphatic carbocycles. The Balaban J connectivity index is -0.000000767. The maximum Gasteiger partial charge on any atom is 0.327 e. The third-order valence-electron chi connectivity index (χ3n) is 8.47. The molecule has 0 fully saturated rings. The minimum atomic E-state index is -0.832. The summed E-state index contributed by atoms with van der Waals surface area (Å²) in [6.07, 6.45) is 49.0. The van der Waals surface area contributed by atoms with Crippen LogP contribution in [0.15, 0.2) is 24.3 Å². The van der Waals surface area contributed by atoms with Crippen molar-refractivity contribution in [2.24, 2.45) is 0 Å². The van der Waals surface area contributed by atoms with E-state index in [2.05, 4.69) is 13.8 Å². The van der Waals surface area contributed by atoms with Gasteiger partial charge in [-0.05, 0) is 25.7 Å². The van der Waals surface area contributed by atoms with E-state index in [1.54, 1.807) is 12.2 Å². The average molecular weight is 680 g/mol. The molecule has 0 heterocycles. The van der Waals surface area contributed by atoms with Crippen LogP contribution in [0, 0.1) is 0 Å². The Bertz CT molecular complexity index is 578. The molecule has 0 saturated carbocycles. The summed E-state index contributed by atoms with van der Waals surface area (Å²) in [5.41, 5.74) is 0. The van der Waals surface area contributed by atoms with Crippen molar-refractivity contribution >= 4 is 11.9 Å². The Kier molecular flexibility index (Phi) is 48.4. The molecule has 2 N–H and O–H groups in total. The first-order chi connectivity index (χ1) is 21.5. The van der Waals surface area contributed by atoms with Crippen molar-refractivity contribution in [3.8, 4) is 0 Å². The van der Waals surface area contributed by atoms with E-state index in [1.165, 1.54) is 192 Å². The zero-order valence-corrected chi connectivity index (χ0v) is 31.0. The summed E-state index contributed by atoms with van der Waals surface area (Å²) in [5, 5.41) is 16.9. The van der Waals surface area contributed by atoms with Gasteiger partial charge in [0.2, 0.25) is 0 Å². The quantitative estimate of drug-likeness (QED) is 0.0403. The number of hydrogen-bond donors (Lipinski definition) is 2. The summed E-state index contributed by atoms with van der Waals surface area (Å²) in [7, 11) is 0. The molecule has 0 aromatic heterocycles. The molecule has 0 aromatic carbocycles. The van der Waals surface area contributed by atoms with Crippen molar-refractivity contribution in [2.45, 2.75) is 219 Å². The number of hydrogen-bond acceptors (Lipinski definition) is 2. The SMILES string of the molecule is CCCCCCCCCCCCCCCCCC=CC(=O)O.CCCCCCCCCCCCCCCCCC=CC(=O)O.[Ni]. The van der Waals surface area contributed by atoms with Gasteiger partial charge in [-0.2, -0.15) is 0 Å². The molecule has 0 bridgehead atoms. The number of carbonyl (C=O) groups is 2. The Morgan fingerprint density at radius 1 is 0.356 bits per heavy atom. The second kappa shape index (κ2) is 45.0. The first kappa shape index (κ1) is 48.3. The molecular formula is C40H76NiO4. The third kappa shape index (κ3) is 52.7. The predicted molar refractivity (Wildman–Crippen MR) is 193 cm³/mol. The van der Waals surface area contributed by atoms with Gasteiger partial charge in [0.15, 0.2) is 0 Å². The first-order valence-corrected chi connectivity index (χ1v) is 19.3. The Labute approximate surface area is 291 Å². The molecule has 0 unspecified atom stereocenters. The van der Waals surface area contributed by atoms with E-state index >= 15 is 0 Å². The first-order valence-electron chi connectivity index (χ1n) is 19.3. The second-order valence-corrected chi connectivity index (χ2v) is 13.0. The van der Waals surface area contributed by atoms with Crippen LogP contribution in [0.25, 0.3) is 0 Å². The number of rotatable bonds is 34. The molecule has 0 saturated heterocycles. The van der Waals surface area contributed by atoms with Crippen molar-refractivity contribution in [3.63, 3.8) is 0 Å². The van der Waals surface area contributed by atoms with Gasteiger partial charge in [0.1, 0.15) is 0 Å². The van der Waals surface area contributed by atoms with Crippen molar-refractivity contribution < 1.29 is 36.3 Å². The summed E-state index contributed by atoms with van der Waals surface area (Å²) in [5.74, 6) is -1.66. The molecule has 270 valence electrons. The molecule has 0 spiro atoms. The van der Waals surface area contributed by atoms with E-state index < -0.39 is 11.9 Å². The number of aliphatic carboxylic acids is 2. The second-order valence-electron chi connectivity index (χ2n) is 13.0. The predicted octanol–water partition coefficient (Wildman–Crippen LogP) is 13.8. The van der Waals surface area contributed by atoms with Crippen LogP contribution in [-0.4, -0.2) is 22.2 Å². The number of carboxylic acid groups (broad SMARTS) is 2. The molecule has 0 atom stereocenters. The van der Waals surface area contributed by atoms with Crippen LogP contribution in [0.5, 0.6) is 0 Å². The fourth-order valence-electron chi connectivity index (χ4n) is 5.64. The van der Waals surface area contributed by atoms with Crippen LogP contribution < -0.4 is 0 Å². The number of carboxylic acids is 2. The van der Waals surface area contributed by atoms with Gasteiger partial charge in [-0.25, -0.2) is 9.59 Å². The van der Waals surface area contributed by atoms with E-state index in [4.69, 9.17) is 10.2 Å². The summed E-state index contributed by atoms with van der Waals surface area (Å²) >= 11 is 0. The monoisotopic (exact) mass is 679 g/mol. The molecule has 0 radical (unpaired) electrons. The Hall–Kier alpha value is -1.09. The summed E-state index contributed by atoms with van der Waals surface area (Å²) in [4.78, 5) is 20.5. The zero-order chi connectivity index (χ0) is 32.6. The van der Waals surface area contributed by atoms with Crippen LogP contribution in [0.2, 0.25) is 0 Å². The van der Waals surface area contributed by atoms with Crippen molar-refractivity contribution in [1.82, 2.24) is 0 Å². The molecule has 0 rings (SSSR count). The van der Waals surface area contributed by atoms with Gasteiger partial charge in [0.25, 0.3) is 0 Å². The van der Waals surface area contributed by atoms with Crippen molar-refractivity contribution in [1.29, 1.82) is 0 Å². The number of unbranched alkanes of at least 4 members (excludes halogenated alkanes) is 30. The van der Waals surface area contributed by atoms with Crippen LogP contribution in [-0.2, 0) is 26.1 Å². The normalized spacial score (nSPS) is 11.1. The van der Waals surface area contributed by atoms with Crippen LogP contribution >= 0.6 is 0 Å². The summed E-state index contributed by atoms with van der Waals surface area (Å²) < 4.78 is 0. The molecule has 5 heteroatoms. The van der Waals surface area contributed by atoms with Gasteiger partial charge in [0.05, 0.1) is 0 Å². The summed E-state index contributed by atoms with van der Waals surface area (Å²) in [6, 6.07) is 0. The summed E-state index contributed by atoms with van der Waals surface area (Å²) in [6.45, 7) is 4.55. The minimum Gasteiger partial charge on any atom is -0.478 e. The number of allylic oxidation sites excluding steroid dienone is 2. The maximum atomic E-state index is 10.3. The molecule has 0 aromatic rings. The molecule has 4 nitrogen and oxygen atoms in total. The Morgan fingerprint density at radius 3 is 0.711 bits per heavy atom. The van der Waals surface area contributed by atoms with Crippen LogP contribution in [0.3, 0.4) is 0 Å². The molecule has 45 heavy (non-hydrogen) atoms. The third-order valence-corrected chi connectivity index (χ3v) is 8.47. The zero-order valence-electron chi connectivity index (χ0n) is 30.0. The van der Waals surface area contributed by atoms with Gasteiger partial charge in [-0.3, -0.25) is 0 Å². The van der Waals surface area contributed by atoms with E-state index in [-0.39, 0.29) is 16.5 Å². The van der Waals surface area contributed by atoms with E-state index in [0.717, 1.165) is 25.7 Å². The van der Waals surface area contributed by atoms with E-state index in [0.29, 0.717) is 0 Å².